The van der Waals surface area contributed by atoms with E-state index in [-0.39, 0.29) is 5.69 Å². The van der Waals surface area contributed by atoms with Gasteiger partial charge < -0.3 is 5.32 Å². The number of anilines is 1. The van der Waals surface area contributed by atoms with Crippen LogP contribution in [0.15, 0.2) is 42.6 Å². The van der Waals surface area contributed by atoms with Gasteiger partial charge in [0.15, 0.2) is 0 Å². The van der Waals surface area contributed by atoms with Gasteiger partial charge in [-0.3, -0.25) is 10.1 Å². The van der Waals surface area contributed by atoms with Crippen molar-refractivity contribution in [3.63, 3.8) is 0 Å². The summed E-state index contributed by atoms with van der Waals surface area (Å²) in [7, 11) is 0. The molecule has 0 spiro atoms. The number of nitro groups is 1. The zero-order chi connectivity index (χ0) is 14.5. The number of rotatable bonds is 5. The van der Waals surface area contributed by atoms with Gasteiger partial charge in [-0.15, -0.1) is 0 Å². The second kappa shape index (κ2) is 6.14. The first-order valence-electron chi connectivity index (χ1n) is 6.48. The third kappa shape index (κ3) is 3.32. The van der Waals surface area contributed by atoms with Gasteiger partial charge >= 0.3 is 0 Å². The average Bonchev–Trinajstić information content (AvgIpc) is 2.46. The molecule has 1 aromatic heterocycles. The molecule has 2 aromatic rings. The van der Waals surface area contributed by atoms with Gasteiger partial charge in [0.05, 0.1) is 4.92 Å². The number of hydrogen-bond donors (Lipinski definition) is 1. The molecule has 1 atom stereocenters. The summed E-state index contributed by atoms with van der Waals surface area (Å²) in [6.07, 6.45) is 1.28. The Balaban J connectivity index is 2.02. The molecule has 0 fully saturated rings. The van der Waals surface area contributed by atoms with Crippen molar-refractivity contribution in [2.45, 2.75) is 19.8 Å². The first-order chi connectivity index (χ1) is 9.58. The molecule has 20 heavy (non-hydrogen) atoms. The van der Waals surface area contributed by atoms with E-state index in [9.17, 15) is 10.1 Å². The highest BCUT2D eigenvalue weighted by Crippen LogP contribution is 2.20. The van der Waals surface area contributed by atoms with Crippen molar-refractivity contribution in [1.82, 2.24) is 4.98 Å². The largest absolute Gasteiger partial charge is 0.369 e. The summed E-state index contributed by atoms with van der Waals surface area (Å²) in [6, 6.07) is 11.7. The van der Waals surface area contributed by atoms with E-state index in [1.165, 1.54) is 17.8 Å². The Morgan fingerprint density at radius 3 is 2.65 bits per heavy atom. The molecular formula is C15H17N3O2. The Hall–Kier alpha value is -2.43. The highest BCUT2D eigenvalue weighted by molar-refractivity contribution is 5.48. The number of aryl methyl sites for hydroxylation is 1. The zero-order valence-corrected chi connectivity index (χ0v) is 11.5. The third-order valence-electron chi connectivity index (χ3n) is 3.22. The maximum absolute atomic E-state index is 10.7. The fraction of sp³-hybridized carbons (Fsp3) is 0.267. The minimum absolute atomic E-state index is 0.0177. The van der Waals surface area contributed by atoms with Crippen LogP contribution in [0.1, 0.15) is 24.0 Å². The lowest BCUT2D eigenvalue weighted by atomic mass is 10.0. The van der Waals surface area contributed by atoms with E-state index in [2.05, 4.69) is 29.4 Å². The fourth-order valence-electron chi connectivity index (χ4n) is 1.99. The predicted octanol–water partition coefficient (Wildman–Crippen LogP) is 3.51. The highest BCUT2D eigenvalue weighted by Gasteiger charge is 2.10. The SMILES string of the molecule is Cc1cc([N+](=O)[O-])cnc1NCC(C)c1ccccc1. The van der Waals surface area contributed by atoms with Crippen molar-refractivity contribution in [2.24, 2.45) is 0 Å². The Kier molecular flexibility index (Phi) is 4.30. The lowest BCUT2D eigenvalue weighted by Crippen LogP contribution is -2.11. The van der Waals surface area contributed by atoms with Gasteiger partial charge in [-0.1, -0.05) is 37.3 Å². The summed E-state index contributed by atoms with van der Waals surface area (Å²) in [5.41, 5.74) is 2.04. The van der Waals surface area contributed by atoms with E-state index in [0.29, 0.717) is 11.7 Å². The zero-order valence-electron chi connectivity index (χ0n) is 11.5. The molecule has 0 aliphatic rings. The molecule has 0 saturated heterocycles. The second-order valence-electron chi connectivity index (χ2n) is 4.81. The van der Waals surface area contributed by atoms with Crippen LogP contribution in [0.4, 0.5) is 11.5 Å². The molecule has 1 unspecified atom stereocenters. The van der Waals surface area contributed by atoms with E-state index < -0.39 is 4.92 Å². The second-order valence-corrected chi connectivity index (χ2v) is 4.81. The minimum atomic E-state index is -0.434. The standard InChI is InChI=1S/C15H17N3O2/c1-11-8-14(18(19)20)10-17-15(11)16-9-12(2)13-6-4-3-5-7-13/h3-8,10,12H,9H2,1-2H3,(H,16,17). The monoisotopic (exact) mass is 271 g/mol. The fourth-order valence-corrected chi connectivity index (χ4v) is 1.99. The Labute approximate surface area is 117 Å². The van der Waals surface area contributed by atoms with Crippen molar-refractivity contribution in [3.05, 3.63) is 63.8 Å². The van der Waals surface area contributed by atoms with Crippen molar-refractivity contribution in [3.8, 4) is 0 Å². The molecule has 0 amide bonds. The van der Waals surface area contributed by atoms with Crippen LogP contribution in [-0.4, -0.2) is 16.5 Å². The van der Waals surface area contributed by atoms with Gasteiger partial charge in [-0.05, 0) is 24.0 Å². The van der Waals surface area contributed by atoms with E-state index in [0.717, 1.165) is 12.1 Å². The number of nitrogens with one attached hydrogen (secondary N) is 1. The topological polar surface area (TPSA) is 68.1 Å². The molecule has 0 bridgehead atoms. The smallest absolute Gasteiger partial charge is 0.287 e. The summed E-state index contributed by atoms with van der Waals surface area (Å²) >= 11 is 0. The molecule has 1 N–H and O–H groups in total. The molecular weight excluding hydrogens is 254 g/mol. The molecule has 104 valence electrons. The lowest BCUT2D eigenvalue weighted by Gasteiger charge is -2.14. The summed E-state index contributed by atoms with van der Waals surface area (Å²) in [4.78, 5) is 14.3. The molecule has 1 aromatic carbocycles. The van der Waals surface area contributed by atoms with Crippen LogP contribution in [0.25, 0.3) is 0 Å². The highest BCUT2D eigenvalue weighted by atomic mass is 16.6. The van der Waals surface area contributed by atoms with E-state index in [1.54, 1.807) is 0 Å². The Morgan fingerprint density at radius 2 is 2.05 bits per heavy atom. The van der Waals surface area contributed by atoms with Gasteiger partial charge in [0, 0.05) is 12.6 Å². The van der Waals surface area contributed by atoms with Crippen molar-refractivity contribution in [1.29, 1.82) is 0 Å². The normalized spacial score (nSPS) is 11.9. The van der Waals surface area contributed by atoms with E-state index in [1.807, 2.05) is 25.1 Å². The maximum atomic E-state index is 10.7. The minimum Gasteiger partial charge on any atom is -0.369 e. The Morgan fingerprint density at radius 1 is 1.35 bits per heavy atom. The third-order valence-corrected chi connectivity index (χ3v) is 3.22. The lowest BCUT2D eigenvalue weighted by molar-refractivity contribution is -0.385. The number of hydrogen-bond acceptors (Lipinski definition) is 4. The molecule has 2 rings (SSSR count). The first kappa shape index (κ1) is 14.0. The molecule has 0 radical (unpaired) electrons. The van der Waals surface area contributed by atoms with Gasteiger partial charge in [0.1, 0.15) is 12.0 Å². The van der Waals surface area contributed by atoms with Crippen LogP contribution in [0, 0.1) is 17.0 Å². The van der Waals surface area contributed by atoms with Crippen LogP contribution < -0.4 is 5.32 Å². The van der Waals surface area contributed by atoms with Crippen LogP contribution in [0.3, 0.4) is 0 Å². The number of aromatic nitrogens is 1. The number of benzene rings is 1. The van der Waals surface area contributed by atoms with Gasteiger partial charge in [0.2, 0.25) is 0 Å². The maximum Gasteiger partial charge on any atom is 0.287 e. The average molecular weight is 271 g/mol. The number of pyridine rings is 1. The molecule has 5 heteroatoms. The molecule has 0 aliphatic carbocycles. The Bertz CT molecular complexity index is 599. The summed E-state index contributed by atoms with van der Waals surface area (Å²) in [5.74, 6) is 1.03. The van der Waals surface area contributed by atoms with Gasteiger partial charge in [0.25, 0.3) is 5.69 Å². The van der Waals surface area contributed by atoms with Crippen molar-refractivity contribution in [2.75, 3.05) is 11.9 Å². The molecule has 1 heterocycles. The van der Waals surface area contributed by atoms with Crippen molar-refractivity contribution < 1.29 is 4.92 Å². The van der Waals surface area contributed by atoms with Gasteiger partial charge in [-0.2, -0.15) is 0 Å². The summed E-state index contributed by atoms with van der Waals surface area (Å²) < 4.78 is 0. The van der Waals surface area contributed by atoms with Crippen LogP contribution in [0.2, 0.25) is 0 Å². The molecule has 0 aliphatic heterocycles. The molecule has 0 saturated carbocycles. The summed E-state index contributed by atoms with van der Waals surface area (Å²) in [6.45, 7) is 4.67. The van der Waals surface area contributed by atoms with E-state index in [4.69, 9.17) is 0 Å². The molecule has 5 nitrogen and oxygen atoms in total. The van der Waals surface area contributed by atoms with Crippen LogP contribution in [-0.2, 0) is 0 Å². The predicted molar refractivity (Wildman–Crippen MR) is 79.0 cm³/mol. The van der Waals surface area contributed by atoms with E-state index >= 15 is 0 Å². The van der Waals surface area contributed by atoms with Crippen LogP contribution in [0.5, 0.6) is 0 Å². The van der Waals surface area contributed by atoms with Crippen molar-refractivity contribution >= 4 is 11.5 Å². The first-order valence-corrected chi connectivity index (χ1v) is 6.48. The quantitative estimate of drug-likeness (QED) is 0.667. The van der Waals surface area contributed by atoms with Crippen LogP contribution >= 0.6 is 0 Å². The van der Waals surface area contributed by atoms with Gasteiger partial charge in [-0.25, -0.2) is 4.98 Å². The number of nitrogens with zero attached hydrogens (tertiary/aromatic N) is 2. The summed E-state index contributed by atoms with van der Waals surface area (Å²) in [5, 5.41) is 13.9.